The predicted molar refractivity (Wildman–Crippen MR) is 55.7 cm³/mol. The first-order valence-corrected chi connectivity index (χ1v) is 4.01. The summed E-state index contributed by atoms with van der Waals surface area (Å²) in [5.74, 6) is 0.125. The third kappa shape index (κ3) is 7.08. The second kappa shape index (κ2) is 7.00. The zero-order valence-electron chi connectivity index (χ0n) is 8.33. The Morgan fingerprint density at radius 3 is 1.69 bits per heavy atom. The lowest BCUT2D eigenvalue weighted by Crippen LogP contribution is -2.15. The lowest BCUT2D eigenvalue weighted by molar-refractivity contribution is 0.127. The predicted octanol–water partition coefficient (Wildman–Crippen LogP) is -2.31. The van der Waals surface area contributed by atoms with E-state index in [9.17, 15) is 4.79 Å². The maximum Gasteiger partial charge on any atom is 0.404 e. The molecule has 1 amide bonds. The summed E-state index contributed by atoms with van der Waals surface area (Å²) < 4.78 is 4.08. The summed E-state index contributed by atoms with van der Waals surface area (Å²) in [5, 5.41) is 7.98. The Balaban J connectivity index is 0.000000293. The van der Waals surface area contributed by atoms with E-state index in [1.807, 2.05) is 0 Å². The van der Waals surface area contributed by atoms with E-state index in [4.69, 9.17) is 22.3 Å². The molecule has 10 heteroatoms. The van der Waals surface area contributed by atoms with Crippen LogP contribution in [-0.2, 0) is 4.74 Å². The van der Waals surface area contributed by atoms with Crippen molar-refractivity contribution in [1.82, 2.24) is 15.0 Å². The van der Waals surface area contributed by atoms with Crippen molar-refractivity contribution in [3.8, 4) is 0 Å². The maximum atomic E-state index is 9.65. The van der Waals surface area contributed by atoms with Gasteiger partial charge in [-0.3, -0.25) is 0 Å². The summed E-state index contributed by atoms with van der Waals surface area (Å²) in [6, 6.07) is 0. The zero-order valence-corrected chi connectivity index (χ0v) is 8.33. The fourth-order valence-corrected chi connectivity index (χ4v) is 0.573. The van der Waals surface area contributed by atoms with Gasteiger partial charge < -0.3 is 32.8 Å². The Bertz CT molecular complexity index is 294. The van der Waals surface area contributed by atoms with Crippen molar-refractivity contribution in [3.05, 3.63) is 0 Å². The zero-order chi connectivity index (χ0) is 12.6. The van der Waals surface area contributed by atoms with Crippen LogP contribution in [0.1, 0.15) is 0 Å². The van der Waals surface area contributed by atoms with E-state index in [0.29, 0.717) is 0 Å². The molecule has 0 atom stereocenters. The molecule has 0 saturated carbocycles. The minimum absolute atomic E-state index is 0.0185. The molecule has 0 aromatic carbocycles. The van der Waals surface area contributed by atoms with Crippen LogP contribution >= 0.6 is 0 Å². The van der Waals surface area contributed by atoms with Gasteiger partial charge in [0.05, 0.1) is 6.61 Å². The van der Waals surface area contributed by atoms with Crippen LogP contribution in [0.5, 0.6) is 0 Å². The lowest BCUT2D eigenvalue weighted by Gasteiger charge is -1.93. The van der Waals surface area contributed by atoms with Crippen molar-refractivity contribution in [3.63, 3.8) is 0 Å². The number of hydrogen-bond acceptors (Lipinski definition) is 9. The molecule has 9 N–H and O–H groups in total. The highest BCUT2D eigenvalue weighted by Gasteiger charge is 1.93. The van der Waals surface area contributed by atoms with Gasteiger partial charge in [0.1, 0.15) is 6.61 Å². The van der Waals surface area contributed by atoms with E-state index in [-0.39, 0.29) is 31.1 Å². The van der Waals surface area contributed by atoms with Crippen molar-refractivity contribution in [2.24, 2.45) is 5.73 Å². The van der Waals surface area contributed by atoms with Gasteiger partial charge in [0.25, 0.3) is 0 Å². The standard InChI is InChI=1S/C3H6N6.C3H7NO3/c4-1-7-2(5)9-3(6)8-1;4-3(6)7-2-1-5/h(H6,4,5,6,7,8,9);5H,1-2H2,(H2,4,6). The van der Waals surface area contributed by atoms with E-state index in [1.54, 1.807) is 0 Å². The second-order valence-electron chi connectivity index (χ2n) is 2.30. The molecule has 90 valence electrons. The second-order valence-corrected chi connectivity index (χ2v) is 2.30. The van der Waals surface area contributed by atoms with Gasteiger partial charge in [-0.25, -0.2) is 4.79 Å². The number of carbonyl (C=O) groups excluding carboxylic acids is 1. The Kier molecular flexibility index (Phi) is 5.97. The highest BCUT2D eigenvalue weighted by Crippen LogP contribution is 1.97. The number of aliphatic hydroxyl groups excluding tert-OH is 1. The van der Waals surface area contributed by atoms with Crippen molar-refractivity contribution in [1.29, 1.82) is 0 Å². The number of amides is 1. The van der Waals surface area contributed by atoms with Crippen LogP contribution < -0.4 is 22.9 Å². The van der Waals surface area contributed by atoms with Crippen LogP contribution in [-0.4, -0.2) is 39.4 Å². The number of rotatable bonds is 2. The Morgan fingerprint density at radius 1 is 1.12 bits per heavy atom. The fourth-order valence-electron chi connectivity index (χ4n) is 0.573. The molecule has 0 aliphatic carbocycles. The van der Waals surface area contributed by atoms with Crippen LogP contribution in [0.2, 0.25) is 0 Å². The van der Waals surface area contributed by atoms with Crippen LogP contribution in [0.15, 0.2) is 0 Å². The van der Waals surface area contributed by atoms with Crippen molar-refractivity contribution in [2.75, 3.05) is 30.4 Å². The van der Waals surface area contributed by atoms with E-state index in [1.165, 1.54) is 0 Å². The minimum atomic E-state index is -0.853. The van der Waals surface area contributed by atoms with Crippen molar-refractivity contribution >= 4 is 23.9 Å². The maximum absolute atomic E-state index is 9.65. The number of nitrogen functional groups attached to an aromatic ring is 3. The molecule has 0 bridgehead atoms. The number of nitrogens with two attached hydrogens (primary N) is 4. The van der Waals surface area contributed by atoms with Gasteiger partial charge in [0, 0.05) is 0 Å². The highest BCUT2D eigenvalue weighted by atomic mass is 16.6. The lowest BCUT2D eigenvalue weighted by atomic mass is 10.8. The molecule has 0 fully saturated rings. The summed E-state index contributed by atoms with van der Waals surface area (Å²) in [7, 11) is 0. The number of nitrogens with zero attached hydrogens (tertiary/aromatic N) is 3. The van der Waals surface area contributed by atoms with Gasteiger partial charge in [-0.1, -0.05) is 0 Å². The molecule has 0 radical (unpaired) electrons. The van der Waals surface area contributed by atoms with E-state index < -0.39 is 6.09 Å². The average Bonchev–Trinajstić information content (AvgIpc) is 2.13. The van der Waals surface area contributed by atoms with Crippen molar-refractivity contribution < 1.29 is 14.6 Å². The molecule has 16 heavy (non-hydrogen) atoms. The van der Waals surface area contributed by atoms with Gasteiger partial charge in [0.2, 0.25) is 17.8 Å². The smallest absolute Gasteiger partial charge is 0.404 e. The molecule has 0 aliphatic rings. The van der Waals surface area contributed by atoms with Gasteiger partial charge in [-0.2, -0.15) is 15.0 Å². The number of ether oxygens (including phenoxy) is 1. The average molecular weight is 231 g/mol. The molecular formula is C6H13N7O3. The van der Waals surface area contributed by atoms with Gasteiger partial charge in [-0.05, 0) is 0 Å². The highest BCUT2D eigenvalue weighted by molar-refractivity contribution is 5.64. The largest absolute Gasteiger partial charge is 0.447 e. The molecular weight excluding hydrogens is 218 g/mol. The molecule has 10 nitrogen and oxygen atoms in total. The topological polar surface area (TPSA) is 189 Å². The van der Waals surface area contributed by atoms with Gasteiger partial charge in [0.15, 0.2) is 0 Å². The summed E-state index contributed by atoms with van der Waals surface area (Å²) in [5.41, 5.74) is 19.9. The first-order valence-electron chi connectivity index (χ1n) is 4.01. The molecule has 0 saturated heterocycles. The van der Waals surface area contributed by atoms with Gasteiger partial charge >= 0.3 is 6.09 Å². The summed E-state index contributed by atoms with van der Waals surface area (Å²) in [6.07, 6.45) is -0.853. The summed E-state index contributed by atoms with van der Waals surface area (Å²) in [4.78, 5) is 20.1. The summed E-state index contributed by atoms with van der Waals surface area (Å²) >= 11 is 0. The summed E-state index contributed by atoms with van der Waals surface area (Å²) in [6.45, 7) is -0.196. The number of hydrogen-bond donors (Lipinski definition) is 5. The van der Waals surface area contributed by atoms with Crippen LogP contribution in [0.3, 0.4) is 0 Å². The molecule has 0 aliphatic heterocycles. The van der Waals surface area contributed by atoms with E-state index in [0.717, 1.165) is 0 Å². The van der Waals surface area contributed by atoms with Gasteiger partial charge in [-0.15, -0.1) is 0 Å². The monoisotopic (exact) mass is 231 g/mol. The normalized spacial score (nSPS) is 8.81. The first-order chi connectivity index (χ1) is 7.45. The third-order valence-corrected chi connectivity index (χ3v) is 1.02. The molecule has 1 heterocycles. The Morgan fingerprint density at radius 2 is 1.50 bits per heavy atom. The molecule has 0 spiro atoms. The van der Waals surface area contributed by atoms with Crippen LogP contribution in [0, 0.1) is 0 Å². The quantitative estimate of drug-likeness (QED) is 0.372. The van der Waals surface area contributed by atoms with Crippen LogP contribution in [0.4, 0.5) is 22.6 Å². The number of aliphatic hydroxyl groups is 1. The number of carbonyl (C=O) groups is 1. The fraction of sp³-hybridized carbons (Fsp3) is 0.333. The number of anilines is 3. The van der Waals surface area contributed by atoms with E-state index in [2.05, 4.69) is 25.4 Å². The molecule has 1 rings (SSSR count). The molecule has 0 unspecified atom stereocenters. The third-order valence-electron chi connectivity index (χ3n) is 1.02. The Hall–Kier alpha value is -2.36. The number of aromatic nitrogens is 3. The SMILES string of the molecule is NC(=O)OCCO.Nc1nc(N)nc(N)n1. The van der Waals surface area contributed by atoms with Crippen LogP contribution in [0.25, 0.3) is 0 Å². The minimum Gasteiger partial charge on any atom is -0.447 e. The molecule has 1 aromatic heterocycles. The molecule has 1 aromatic rings. The Labute approximate surface area is 90.6 Å². The first kappa shape index (κ1) is 13.6. The van der Waals surface area contributed by atoms with Crippen molar-refractivity contribution in [2.45, 2.75) is 0 Å². The number of primary amides is 1. The van der Waals surface area contributed by atoms with E-state index >= 15 is 0 Å².